The van der Waals surface area contributed by atoms with Crippen LogP contribution in [-0.2, 0) is 9.59 Å². The average Bonchev–Trinajstić information content (AvgIpc) is 3.09. The van der Waals surface area contributed by atoms with Gasteiger partial charge in [0.05, 0.1) is 5.69 Å². The van der Waals surface area contributed by atoms with Crippen LogP contribution in [-0.4, -0.2) is 24.0 Å². The molecule has 4 nitrogen and oxygen atoms in total. The Bertz CT molecular complexity index is 482. The number of benzene rings is 1. The maximum absolute atomic E-state index is 12.1. The van der Waals surface area contributed by atoms with Crippen molar-refractivity contribution >= 4 is 33.5 Å². The number of hydrogen-bond acceptors (Lipinski definition) is 2. The summed E-state index contributed by atoms with van der Waals surface area (Å²) in [7, 11) is 1.60. The summed E-state index contributed by atoms with van der Waals surface area (Å²) in [5.41, 5.74) is -0.505. The van der Waals surface area contributed by atoms with E-state index in [-0.39, 0.29) is 5.91 Å². The Morgan fingerprint density at radius 2 is 1.94 bits per heavy atom. The lowest BCUT2D eigenvalue weighted by Crippen LogP contribution is -2.38. The van der Waals surface area contributed by atoms with Gasteiger partial charge in [-0.05, 0) is 40.9 Å². The smallest absolute Gasteiger partial charge is 0.319 e. The molecule has 0 atom stereocenters. The minimum Gasteiger partial charge on any atom is -0.480 e. The summed E-state index contributed by atoms with van der Waals surface area (Å²) in [6, 6.07) is 7.25. The highest BCUT2D eigenvalue weighted by Gasteiger charge is 2.58. The van der Waals surface area contributed by atoms with Crippen molar-refractivity contribution in [2.24, 2.45) is 5.41 Å². The molecule has 17 heavy (non-hydrogen) atoms. The van der Waals surface area contributed by atoms with Crippen LogP contribution in [0.1, 0.15) is 12.8 Å². The molecule has 0 saturated heterocycles. The van der Waals surface area contributed by atoms with Crippen molar-refractivity contribution in [1.29, 1.82) is 0 Å². The Kier molecular flexibility index (Phi) is 2.95. The third kappa shape index (κ3) is 1.95. The van der Waals surface area contributed by atoms with Crippen molar-refractivity contribution in [3.05, 3.63) is 28.7 Å². The van der Waals surface area contributed by atoms with Gasteiger partial charge in [0.15, 0.2) is 0 Å². The van der Waals surface area contributed by atoms with Crippen LogP contribution in [0.5, 0.6) is 0 Å². The van der Waals surface area contributed by atoms with Crippen molar-refractivity contribution < 1.29 is 14.7 Å². The maximum Gasteiger partial charge on any atom is 0.319 e. The lowest BCUT2D eigenvalue weighted by Gasteiger charge is -2.22. The van der Waals surface area contributed by atoms with Gasteiger partial charge >= 0.3 is 5.97 Å². The standard InChI is InChI=1S/C12H12BrNO3/c1-14(9-5-3-2-4-8(9)13)10(15)12(6-7-12)11(16)17/h2-5H,6-7H2,1H3,(H,16,17). The van der Waals surface area contributed by atoms with E-state index in [2.05, 4.69) is 15.9 Å². The van der Waals surface area contributed by atoms with Gasteiger partial charge in [-0.1, -0.05) is 12.1 Å². The van der Waals surface area contributed by atoms with Crippen molar-refractivity contribution in [2.75, 3.05) is 11.9 Å². The topological polar surface area (TPSA) is 57.6 Å². The summed E-state index contributed by atoms with van der Waals surface area (Å²) < 4.78 is 0.775. The fourth-order valence-corrected chi connectivity index (χ4v) is 2.35. The van der Waals surface area contributed by atoms with Crippen molar-refractivity contribution in [2.45, 2.75) is 12.8 Å². The highest BCUT2D eigenvalue weighted by Crippen LogP contribution is 2.48. The number of carbonyl (C=O) groups excluding carboxylic acids is 1. The second-order valence-corrected chi connectivity index (χ2v) is 5.06. The van der Waals surface area contributed by atoms with E-state index in [9.17, 15) is 9.59 Å². The first-order valence-electron chi connectivity index (χ1n) is 5.25. The number of carboxylic acids is 1. The van der Waals surface area contributed by atoms with Crippen LogP contribution in [0.25, 0.3) is 0 Å². The fourth-order valence-electron chi connectivity index (χ4n) is 1.80. The van der Waals surface area contributed by atoms with Gasteiger partial charge in [0.25, 0.3) is 0 Å². The van der Waals surface area contributed by atoms with Crippen LogP contribution < -0.4 is 4.90 Å². The third-order valence-electron chi connectivity index (χ3n) is 3.09. The van der Waals surface area contributed by atoms with E-state index in [1.165, 1.54) is 4.90 Å². The molecule has 90 valence electrons. The summed E-state index contributed by atoms with van der Waals surface area (Å²) in [6.45, 7) is 0. The van der Waals surface area contributed by atoms with Gasteiger partial charge in [0.2, 0.25) is 5.91 Å². The number of aliphatic carboxylic acids is 1. The molecule has 1 amide bonds. The Morgan fingerprint density at radius 1 is 1.35 bits per heavy atom. The molecular formula is C12H12BrNO3. The summed E-state index contributed by atoms with van der Waals surface area (Å²) in [6.07, 6.45) is 0.853. The van der Waals surface area contributed by atoms with E-state index >= 15 is 0 Å². The van der Waals surface area contributed by atoms with Crippen LogP contribution in [0.3, 0.4) is 0 Å². The third-order valence-corrected chi connectivity index (χ3v) is 3.76. The minimum atomic E-state index is -1.19. The van der Waals surface area contributed by atoms with Gasteiger partial charge < -0.3 is 10.0 Å². The molecule has 5 heteroatoms. The van der Waals surface area contributed by atoms with Crippen molar-refractivity contribution in [3.63, 3.8) is 0 Å². The molecule has 1 aliphatic carbocycles. The van der Waals surface area contributed by atoms with Crippen LogP contribution in [0.15, 0.2) is 28.7 Å². The molecule has 0 unspecified atom stereocenters. The first-order chi connectivity index (χ1) is 7.99. The molecule has 0 bridgehead atoms. The number of para-hydroxylation sites is 1. The zero-order valence-electron chi connectivity index (χ0n) is 9.31. The second-order valence-electron chi connectivity index (χ2n) is 4.20. The van der Waals surface area contributed by atoms with Crippen molar-refractivity contribution in [1.82, 2.24) is 0 Å². The largest absolute Gasteiger partial charge is 0.480 e. The van der Waals surface area contributed by atoms with Crippen LogP contribution in [0.2, 0.25) is 0 Å². The van der Waals surface area contributed by atoms with Gasteiger partial charge in [-0.3, -0.25) is 9.59 Å². The molecular weight excluding hydrogens is 286 g/mol. The van der Waals surface area contributed by atoms with Gasteiger partial charge in [0.1, 0.15) is 5.41 Å². The van der Waals surface area contributed by atoms with E-state index in [1.807, 2.05) is 18.2 Å². The first-order valence-corrected chi connectivity index (χ1v) is 6.04. The lowest BCUT2D eigenvalue weighted by atomic mass is 10.1. The Morgan fingerprint density at radius 3 is 2.41 bits per heavy atom. The normalized spacial score (nSPS) is 16.4. The second kappa shape index (κ2) is 4.14. The number of carboxylic acid groups (broad SMARTS) is 1. The van der Waals surface area contributed by atoms with Gasteiger partial charge in [-0.15, -0.1) is 0 Å². The molecule has 1 saturated carbocycles. The van der Waals surface area contributed by atoms with E-state index in [4.69, 9.17) is 5.11 Å². The number of carbonyl (C=O) groups is 2. The number of halogens is 1. The van der Waals surface area contributed by atoms with Crippen LogP contribution >= 0.6 is 15.9 Å². The molecule has 0 radical (unpaired) electrons. The SMILES string of the molecule is CN(C(=O)C1(C(=O)O)CC1)c1ccccc1Br. The average molecular weight is 298 g/mol. The summed E-state index contributed by atoms with van der Waals surface area (Å²) in [5, 5.41) is 9.08. The molecule has 1 aliphatic rings. The molecule has 1 aromatic rings. The Hall–Kier alpha value is -1.36. The molecule has 1 fully saturated rings. The number of rotatable bonds is 3. The number of amides is 1. The Labute approximate surface area is 107 Å². The van der Waals surface area contributed by atoms with E-state index in [0.717, 1.165) is 4.47 Å². The van der Waals surface area contributed by atoms with Gasteiger partial charge in [-0.2, -0.15) is 0 Å². The monoisotopic (exact) mass is 297 g/mol. The summed E-state index contributed by atoms with van der Waals surface area (Å²) in [4.78, 5) is 24.6. The molecule has 0 aromatic heterocycles. The highest BCUT2D eigenvalue weighted by atomic mass is 79.9. The summed E-state index contributed by atoms with van der Waals surface area (Å²) in [5.74, 6) is -1.38. The molecule has 0 aliphatic heterocycles. The van der Waals surface area contributed by atoms with Crippen LogP contribution in [0, 0.1) is 5.41 Å². The van der Waals surface area contributed by atoms with E-state index < -0.39 is 11.4 Å². The predicted octanol–water partition coefficient (Wildman–Crippen LogP) is 2.28. The van der Waals surface area contributed by atoms with Gasteiger partial charge in [0, 0.05) is 11.5 Å². The molecule has 1 N–H and O–H groups in total. The van der Waals surface area contributed by atoms with Crippen molar-refractivity contribution in [3.8, 4) is 0 Å². The van der Waals surface area contributed by atoms with E-state index in [1.54, 1.807) is 13.1 Å². The molecule has 0 spiro atoms. The molecule has 0 heterocycles. The predicted molar refractivity (Wildman–Crippen MR) is 66.9 cm³/mol. The fraction of sp³-hybridized carbons (Fsp3) is 0.333. The number of hydrogen-bond donors (Lipinski definition) is 1. The van der Waals surface area contributed by atoms with Crippen LogP contribution in [0.4, 0.5) is 5.69 Å². The minimum absolute atomic E-state index is 0.350. The first kappa shape index (κ1) is 12.1. The Balaban J connectivity index is 2.28. The number of nitrogens with zero attached hydrogens (tertiary/aromatic N) is 1. The number of anilines is 1. The zero-order valence-corrected chi connectivity index (χ0v) is 10.9. The quantitative estimate of drug-likeness (QED) is 0.871. The summed E-state index contributed by atoms with van der Waals surface area (Å²) >= 11 is 3.35. The lowest BCUT2D eigenvalue weighted by molar-refractivity contribution is -0.148. The van der Waals surface area contributed by atoms with Gasteiger partial charge in [-0.25, -0.2) is 0 Å². The highest BCUT2D eigenvalue weighted by molar-refractivity contribution is 9.10. The maximum atomic E-state index is 12.1. The zero-order chi connectivity index (χ0) is 12.6. The molecule has 2 rings (SSSR count). The van der Waals surface area contributed by atoms with E-state index in [0.29, 0.717) is 18.5 Å². The molecule has 1 aromatic carbocycles.